The number of rotatable bonds is 14. The molecule has 4 atom stereocenters. The summed E-state index contributed by atoms with van der Waals surface area (Å²) in [5.74, 6) is -0.216. The van der Waals surface area contributed by atoms with Gasteiger partial charge in [0.1, 0.15) is 36.1 Å². The summed E-state index contributed by atoms with van der Waals surface area (Å²) in [6.45, 7) is 8.63. The van der Waals surface area contributed by atoms with Crippen molar-refractivity contribution in [2.24, 2.45) is 10.7 Å². The maximum Gasteiger partial charge on any atom is 0.335 e. The number of methoxy groups -OCH3 is 2. The molecule has 49 heavy (non-hydrogen) atoms. The minimum atomic E-state index is -1.26. The van der Waals surface area contributed by atoms with Crippen molar-refractivity contribution >= 4 is 23.7 Å². The van der Waals surface area contributed by atoms with E-state index in [9.17, 15) is 14.4 Å². The van der Waals surface area contributed by atoms with Crippen LogP contribution in [0, 0.1) is 0 Å². The number of aliphatic imine (C=N–C) groups is 1. The fraction of sp³-hybridized carbons (Fsp3) is 0.405. The second-order valence-corrected chi connectivity index (χ2v) is 12.7. The molecule has 12 nitrogen and oxygen atoms in total. The van der Waals surface area contributed by atoms with Gasteiger partial charge in [0.15, 0.2) is 23.6 Å². The predicted octanol–water partition coefficient (Wildman–Crippen LogP) is 4.67. The molecule has 0 saturated carbocycles. The van der Waals surface area contributed by atoms with Crippen LogP contribution in [0.1, 0.15) is 63.8 Å². The van der Waals surface area contributed by atoms with Gasteiger partial charge in [0.2, 0.25) is 11.8 Å². The van der Waals surface area contributed by atoms with Gasteiger partial charge in [-0.3, -0.25) is 9.59 Å². The van der Waals surface area contributed by atoms with Crippen LogP contribution in [0.2, 0.25) is 0 Å². The van der Waals surface area contributed by atoms with Crippen molar-refractivity contribution in [3.05, 3.63) is 89.5 Å². The minimum Gasteiger partial charge on any atom is -0.497 e. The third kappa shape index (κ3) is 9.50. The number of benzene rings is 3. The Hall–Kier alpha value is -5.10. The lowest BCUT2D eigenvalue weighted by atomic mass is 9.92. The molecule has 1 aliphatic rings. The van der Waals surface area contributed by atoms with Crippen LogP contribution in [0.4, 0.5) is 0 Å². The Morgan fingerprint density at radius 1 is 0.959 bits per heavy atom. The van der Waals surface area contributed by atoms with Crippen LogP contribution in [-0.2, 0) is 35.2 Å². The zero-order chi connectivity index (χ0) is 35.8. The lowest BCUT2D eigenvalue weighted by Gasteiger charge is -2.35. The van der Waals surface area contributed by atoms with Gasteiger partial charge in [-0.1, -0.05) is 43.3 Å². The average Bonchev–Trinajstić information content (AvgIpc) is 3.54. The first-order valence-electron chi connectivity index (χ1n) is 16.0. The van der Waals surface area contributed by atoms with Crippen LogP contribution in [0.3, 0.4) is 0 Å². The highest BCUT2D eigenvalue weighted by Crippen LogP contribution is 2.39. The summed E-state index contributed by atoms with van der Waals surface area (Å²) in [6, 6.07) is 19.7. The lowest BCUT2D eigenvalue weighted by Crippen LogP contribution is -2.58. The van der Waals surface area contributed by atoms with E-state index in [0.717, 1.165) is 5.56 Å². The van der Waals surface area contributed by atoms with Crippen LogP contribution < -0.4 is 25.3 Å². The molecule has 1 heterocycles. The highest BCUT2D eigenvalue weighted by Gasteiger charge is 2.41. The van der Waals surface area contributed by atoms with Gasteiger partial charge >= 0.3 is 11.9 Å². The Kier molecular flexibility index (Phi) is 11.9. The SMILES string of the molecule is CC[C@](C)(Oc1cc([C@H]2OC(c3ccc(OC)cc3)=N[C@@H]2C(=O)OC)ccc1OCc1ccccc1)[C@H](N)C(=O)NCC(=O)OC(C)(C)C. The van der Waals surface area contributed by atoms with Crippen molar-refractivity contribution < 1.29 is 42.8 Å². The van der Waals surface area contributed by atoms with Gasteiger partial charge in [-0.15, -0.1) is 0 Å². The van der Waals surface area contributed by atoms with Crippen LogP contribution in [0.15, 0.2) is 77.8 Å². The van der Waals surface area contributed by atoms with Gasteiger partial charge in [-0.2, -0.15) is 0 Å². The predicted molar refractivity (Wildman–Crippen MR) is 183 cm³/mol. The topological polar surface area (TPSA) is 157 Å². The molecule has 0 bridgehead atoms. The Morgan fingerprint density at radius 2 is 1.65 bits per heavy atom. The van der Waals surface area contributed by atoms with Gasteiger partial charge in [0.05, 0.1) is 14.2 Å². The van der Waals surface area contributed by atoms with Crippen molar-refractivity contribution in [2.45, 2.75) is 77.0 Å². The van der Waals surface area contributed by atoms with E-state index in [-0.39, 0.29) is 24.8 Å². The van der Waals surface area contributed by atoms with Gasteiger partial charge in [-0.25, -0.2) is 9.79 Å². The van der Waals surface area contributed by atoms with Crippen LogP contribution in [0.25, 0.3) is 0 Å². The number of nitrogens with one attached hydrogen (secondary N) is 1. The minimum absolute atomic E-state index is 0.233. The van der Waals surface area contributed by atoms with E-state index in [2.05, 4.69) is 10.3 Å². The number of carbonyl (C=O) groups excluding carboxylic acids is 3. The molecule has 0 unspecified atom stereocenters. The third-order valence-corrected chi connectivity index (χ3v) is 7.91. The number of nitrogens with two attached hydrogens (primary N) is 1. The molecule has 0 aliphatic carbocycles. The molecule has 0 fully saturated rings. The zero-order valence-electron chi connectivity index (χ0n) is 29.0. The summed E-state index contributed by atoms with van der Waals surface area (Å²) < 4.78 is 34.7. The molecule has 3 aromatic rings. The number of ether oxygens (including phenoxy) is 6. The second kappa shape index (κ2) is 15.9. The number of amides is 1. The highest BCUT2D eigenvalue weighted by molar-refractivity contribution is 5.98. The quantitative estimate of drug-likeness (QED) is 0.230. The summed E-state index contributed by atoms with van der Waals surface area (Å²) in [6.07, 6.45) is -0.556. The molecule has 4 rings (SSSR count). The summed E-state index contributed by atoms with van der Waals surface area (Å²) in [7, 11) is 2.86. The van der Waals surface area contributed by atoms with Crippen molar-refractivity contribution in [3.8, 4) is 17.2 Å². The molecule has 0 aromatic heterocycles. The van der Waals surface area contributed by atoms with Gasteiger partial charge in [0, 0.05) is 5.56 Å². The average molecular weight is 676 g/mol. The first-order chi connectivity index (χ1) is 23.3. The van der Waals surface area contributed by atoms with E-state index in [1.807, 2.05) is 37.3 Å². The van der Waals surface area contributed by atoms with E-state index >= 15 is 0 Å². The summed E-state index contributed by atoms with van der Waals surface area (Å²) in [5.41, 5.74) is 6.64. The van der Waals surface area contributed by atoms with Gasteiger partial charge in [0.25, 0.3) is 0 Å². The number of hydrogen-bond donors (Lipinski definition) is 2. The molecular weight excluding hydrogens is 630 g/mol. The number of hydrogen-bond acceptors (Lipinski definition) is 11. The summed E-state index contributed by atoms with van der Waals surface area (Å²) >= 11 is 0. The molecule has 1 aliphatic heterocycles. The lowest BCUT2D eigenvalue weighted by molar-refractivity contribution is -0.154. The first kappa shape index (κ1) is 36.7. The monoisotopic (exact) mass is 675 g/mol. The van der Waals surface area contributed by atoms with Gasteiger partial charge in [-0.05, 0) is 81.6 Å². The number of carbonyl (C=O) groups is 3. The number of esters is 2. The van der Waals surface area contributed by atoms with Gasteiger partial charge < -0.3 is 39.5 Å². The number of nitrogens with zero attached hydrogens (tertiary/aromatic N) is 1. The normalized spacial score (nSPS) is 17.4. The van der Waals surface area contributed by atoms with E-state index in [4.69, 9.17) is 34.2 Å². The molecule has 0 radical (unpaired) electrons. The second-order valence-electron chi connectivity index (χ2n) is 12.7. The van der Waals surface area contributed by atoms with Crippen LogP contribution in [0.5, 0.6) is 17.2 Å². The van der Waals surface area contributed by atoms with Crippen LogP contribution >= 0.6 is 0 Å². The zero-order valence-corrected chi connectivity index (χ0v) is 29.0. The summed E-state index contributed by atoms with van der Waals surface area (Å²) in [5, 5.41) is 2.56. The third-order valence-electron chi connectivity index (χ3n) is 7.91. The first-order valence-corrected chi connectivity index (χ1v) is 16.0. The van der Waals surface area contributed by atoms with Crippen LogP contribution in [-0.4, -0.2) is 67.8 Å². The largest absolute Gasteiger partial charge is 0.497 e. The molecule has 0 spiro atoms. The summed E-state index contributed by atoms with van der Waals surface area (Å²) in [4.78, 5) is 42.9. The Balaban J connectivity index is 1.64. The van der Waals surface area contributed by atoms with E-state index in [1.54, 1.807) is 77.3 Å². The Bertz CT molecular complexity index is 1640. The smallest absolute Gasteiger partial charge is 0.335 e. The van der Waals surface area contributed by atoms with Crippen molar-refractivity contribution in [2.75, 3.05) is 20.8 Å². The van der Waals surface area contributed by atoms with E-state index in [0.29, 0.717) is 29.0 Å². The Morgan fingerprint density at radius 3 is 2.27 bits per heavy atom. The maximum absolute atomic E-state index is 13.2. The van der Waals surface area contributed by atoms with E-state index < -0.39 is 47.2 Å². The maximum atomic E-state index is 13.2. The Labute approximate surface area is 286 Å². The standard InChI is InChI=1S/C37H45N3O9/c1-8-37(5,32(38)33(42)39-21-29(41)49-36(2,3)4)48-28-20-25(16-19-27(28)46-22-23-12-10-9-11-13-23)31-30(35(43)45-7)40-34(47-31)24-14-17-26(44-6)18-15-24/h9-20,30-32H,8,21-22,38H2,1-7H3,(H,39,42)/t30-,31+,32+,37-/m0/s1. The van der Waals surface area contributed by atoms with Crippen molar-refractivity contribution in [3.63, 3.8) is 0 Å². The molecule has 3 N–H and O–H groups in total. The fourth-order valence-corrected chi connectivity index (χ4v) is 5.00. The molecule has 12 heteroatoms. The molecule has 262 valence electrons. The highest BCUT2D eigenvalue weighted by atomic mass is 16.6. The van der Waals surface area contributed by atoms with Crippen molar-refractivity contribution in [1.29, 1.82) is 0 Å². The van der Waals surface area contributed by atoms with E-state index in [1.165, 1.54) is 7.11 Å². The molecule has 1 amide bonds. The molecule has 3 aromatic carbocycles. The van der Waals surface area contributed by atoms with Crippen molar-refractivity contribution in [1.82, 2.24) is 5.32 Å². The molecule has 0 saturated heterocycles. The fourth-order valence-electron chi connectivity index (χ4n) is 5.00. The molecular formula is C37H45N3O9.